The Bertz CT molecular complexity index is 1390. The second-order valence-corrected chi connectivity index (χ2v) is 10.2. The van der Waals surface area contributed by atoms with Crippen LogP contribution < -0.4 is 24.4 Å². The molecule has 1 aliphatic heterocycles. The first-order valence-corrected chi connectivity index (χ1v) is 12.6. The molecule has 0 spiro atoms. The molecule has 1 unspecified atom stereocenters. The summed E-state index contributed by atoms with van der Waals surface area (Å²) in [7, 11) is 0.483. The van der Waals surface area contributed by atoms with Gasteiger partial charge in [-0.15, -0.1) is 0 Å². The van der Waals surface area contributed by atoms with E-state index in [0.29, 0.717) is 28.5 Å². The maximum Gasteiger partial charge on any atom is 0.244 e. The summed E-state index contributed by atoms with van der Waals surface area (Å²) in [6.07, 6.45) is -0.345. The Labute approximate surface area is 209 Å². The molecule has 9 nitrogen and oxygen atoms in total. The second-order valence-electron chi connectivity index (χ2n) is 8.08. The highest BCUT2D eigenvalue weighted by Gasteiger charge is 2.40. The Hall–Kier alpha value is -4.05. The zero-order valence-electron chi connectivity index (χ0n) is 20.1. The summed E-state index contributed by atoms with van der Waals surface area (Å²) in [6, 6.07) is 17.7. The van der Waals surface area contributed by atoms with Crippen molar-refractivity contribution >= 4 is 33.0 Å². The lowest BCUT2D eigenvalue weighted by Gasteiger charge is -2.22. The maximum atomic E-state index is 13.7. The van der Waals surface area contributed by atoms with Gasteiger partial charge in [0.1, 0.15) is 12.3 Å². The van der Waals surface area contributed by atoms with Gasteiger partial charge in [0, 0.05) is 12.1 Å². The fourth-order valence-corrected chi connectivity index (χ4v) is 6.04. The lowest BCUT2D eigenvalue weighted by molar-refractivity contribution is -0.121. The number of nitrogens with one attached hydrogen (secondary N) is 1. The molecule has 1 heterocycles. The van der Waals surface area contributed by atoms with Crippen molar-refractivity contribution in [2.75, 3.05) is 38.1 Å². The number of carbonyl (C=O) groups excluding carboxylic acids is 2. The average Bonchev–Trinajstić information content (AvgIpc) is 2.97. The Kier molecular flexibility index (Phi) is 7.16. The fourth-order valence-electron chi connectivity index (χ4n) is 4.13. The van der Waals surface area contributed by atoms with Crippen molar-refractivity contribution < 1.29 is 32.2 Å². The van der Waals surface area contributed by atoms with Crippen molar-refractivity contribution in [3.8, 4) is 17.2 Å². The van der Waals surface area contributed by atoms with Gasteiger partial charge >= 0.3 is 0 Å². The van der Waals surface area contributed by atoms with Crippen molar-refractivity contribution in [2.24, 2.45) is 0 Å². The fraction of sp³-hybridized carbons (Fsp3) is 0.231. The van der Waals surface area contributed by atoms with E-state index in [9.17, 15) is 18.0 Å². The van der Waals surface area contributed by atoms with Crippen molar-refractivity contribution in [3.63, 3.8) is 0 Å². The van der Waals surface area contributed by atoms with Crippen LogP contribution in [0, 0.1) is 0 Å². The summed E-state index contributed by atoms with van der Waals surface area (Å²) < 4.78 is 43.2. The maximum absolute atomic E-state index is 13.7. The van der Waals surface area contributed by atoms with Crippen LogP contribution in [0.3, 0.4) is 0 Å². The van der Waals surface area contributed by atoms with Crippen LogP contribution in [0.5, 0.6) is 17.2 Å². The van der Waals surface area contributed by atoms with Crippen LogP contribution in [0.4, 0.5) is 11.4 Å². The summed E-state index contributed by atoms with van der Waals surface area (Å²) in [5.74, 6) is 0.469. The second kappa shape index (κ2) is 10.3. The number of hydrogen-bond acceptors (Lipinski definition) is 7. The minimum atomic E-state index is -3.99. The van der Waals surface area contributed by atoms with Gasteiger partial charge in [0.15, 0.2) is 21.3 Å². The number of ether oxygens (including phenoxy) is 3. The van der Waals surface area contributed by atoms with Crippen molar-refractivity contribution in [1.29, 1.82) is 0 Å². The number of benzene rings is 3. The van der Waals surface area contributed by atoms with Crippen LogP contribution in [-0.4, -0.2) is 48.1 Å². The topological polar surface area (TPSA) is 111 Å². The van der Waals surface area contributed by atoms with E-state index < -0.39 is 26.9 Å². The van der Waals surface area contributed by atoms with E-state index in [1.165, 1.54) is 31.3 Å². The Balaban J connectivity index is 1.68. The summed E-state index contributed by atoms with van der Waals surface area (Å²) in [5, 5.41) is 1.57. The van der Waals surface area contributed by atoms with E-state index in [4.69, 9.17) is 14.2 Å². The molecule has 36 heavy (non-hydrogen) atoms. The van der Waals surface area contributed by atoms with E-state index in [1.807, 2.05) is 0 Å². The molecule has 0 aromatic heterocycles. The Morgan fingerprint density at radius 2 is 1.64 bits per heavy atom. The van der Waals surface area contributed by atoms with E-state index in [1.54, 1.807) is 61.7 Å². The Morgan fingerprint density at radius 3 is 2.31 bits per heavy atom. The molecule has 10 heteroatoms. The van der Waals surface area contributed by atoms with Gasteiger partial charge in [-0.25, -0.2) is 8.42 Å². The van der Waals surface area contributed by atoms with Gasteiger partial charge in [-0.1, -0.05) is 18.2 Å². The number of fused-ring (bicyclic) bond motifs is 1. The monoisotopic (exact) mass is 510 g/mol. The molecule has 4 rings (SSSR count). The SMILES string of the molecule is COc1ccc(NC(=O)CN2C(=O)CC(c3ccc(OC)c(OC)c3)S(=O)(=O)c3ccccc32)cc1. The van der Waals surface area contributed by atoms with Gasteiger partial charge in [0.2, 0.25) is 11.8 Å². The minimum Gasteiger partial charge on any atom is -0.497 e. The normalized spacial score (nSPS) is 16.5. The molecular formula is C26H26N2O7S. The van der Waals surface area contributed by atoms with Crippen LogP contribution >= 0.6 is 0 Å². The summed E-state index contributed by atoms with van der Waals surface area (Å²) >= 11 is 0. The highest BCUT2D eigenvalue weighted by molar-refractivity contribution is 7.92. The molecular weight excluding hydrogens is 484 g/mol. The molecule has 0 saturated heterocycles. The quantitative estimate of drug-likeness (QED) is 0.517. The van der Waals surface area contributed by atoms with E-state index >= 15 is 0 Å². The smallest absolute Gasteiger partial charge is 0.244 e. The Morgan fingerprint density at radius 1 is 0.944 bits per heavy atom. The van der Waals surface area contributed by atoms with Gasteiger partial charge in [-0.2, -0.15) is 0 Å². The number of anilines is 2. The first kappa shape index (κ1) is 25.1. The van der Waals surface area contributed by atoms with Crippen molar-refractivity contribution in [2.45, 2.75) is 16.6 Å². The van der Waals surface area contributed by atoms with E-state index in [2.05, 4.69) is 5.32 Å². The first-order valence-electron chi connectivity index (χ1n) is 11.1. The number of hydrogen-bond donors (Lipinski definition) is 1. The molecule has 0 fully saturated rings. The van der Waals surface area contributed by atoms with Crippen LogP contribution in [0.1, 0.15) is 17.2 Å². The lowest BCUT2D eigenvalue weighted by Crippen LogP contribution is -2.38. The molecule has 3 aromatic rings. The van der Waals surface area contributed by atoms with E-state index in [-0.39, 0.29) is 23.5 Å². The van der Waals surface area contributed by atoms with E-state index in [0.717, 1.165) is 0 Å². The number of para-hydroxylation sites is 1. The number of carbonyl (C=O) groups is 2. The van der Waals surface area contributed by atoms with Crippen LogP contribution in [0.2, 0.25) is 0 Å². The van der Waals surface area contributed by atoms with Crippen molar-refractivity contribution in [3.05, 3.63) is 72.3 Å². The molecule has 0 aliphatic carbocycles. The van der Waals surface area contributed by atoms with Gasteiger partial charge < -0.3 is 24.4 Å². The van der Waals surface area contributed by atoms with Crippen LogP contribution in [-0.2, 0) is 19.4 Å². The number of nitrogens with zero attached hydrogens (tertiary/aromatic N) is 1. The minimum absolute atomic E-state index is 0.0205. The van der Waals surface area contributed by atoms with Crippen LogP contribution in [0.25, 0.3) is 0 Å². The lowest BCUT2D eigenvalue weighted by atomic mass is 10.1. The molecule has 2 amide bonds. The zero-order valence-corrected chi connectivity index (χ0v) is 20.9. The molecule has 1 N–H and O–H groups in total. The third-order valence-electron chi connectivity index (χ3n) is 5.95. The number of amides is 2. The van der Waals surface area contributed by atoms with Gasteiger partial charge in [-0.05, 0) is 54.1 Å². The molecule has 188 valence electrons. The highest BCUT2D eigenvalue weighted by atomic mass is 32.2. The van der Waals surface area contributed by atoms with Gasteiger partial charge in [0.25, 0.3) is 0 Å². The molecule has 3 aromatic carbocycles. The highest BCUT2D eigenvalue weighted by Crippen LogP contribution is 2.42. The molecule has 1 atom stereocenters. The first-order chi connectivity index (χ1) is 17.3. The third-order valence-corrected chi connectivity index (χ3v) is 8.10. The van der Waals surface area contributed by atoms with Gasteiger partial charge in [0.05, 0.1) is 37.2 Å². The summed E-state index contributed by atoms with van der Waals surface area (Å²) in [4.78, 5) is 27.5. The standard InChI is InChI=1S/C26H26N2O7S/c1-33-19-11-9-18(10-12-19)27-25(29)16-28-20-6-4-5-7-23(20)36(31,32)24(15-26(28)30)17-8-13-21(34-2)22(14-17)35-3/h4-14,24H,15-16H2,1-3H3,(H,27,29). The van der Waals surface area contributed by atoms with Crippen molar-refractivity contribution in [1.82, 2.24) is 0 Å². The van der Waals surface area contributed by atoms with Crippen LogP contribution in [0.15, 0.2) is 71.6 Å². The zero-order chi connectivity index (χ0) is 25.9. The predicted molar refractivity (Wildman–Crippen MR) is 135 cm³/mol. The predicted octanol–water partition coefficient (Wildman–Crippen LogP) is 3.60. The molecule has 0 bridgehead atoms. The molecule has 0 radical (unpaired) electrons. The number of sulfone groups is 1. The molecule has 0 saturated carbocycles. The largest absolute Gasteiger partial charge is 0.497 e. The van der Waals surface area contributed by atoms with Gasteiger partial charge in [-0.3, -0.25) is 9.59 Å². The number of methoxy groups -OCH3 is 3. The number of rotatable bonds is 7. The summed E-state index contributed by atoms with van der Waals surface area (Å²) in [5.41, 5.74) is 1.07. The molecule has 1 aliphatic rings. The average molecular weight is 511 g/mol. The summed E-state index contributed by atoms with van der Waals surface area (Å²) in [6.45, 7) is -0.351. The third kappa shape index (κ3) is 4.85.